The highest BCUT2D eigenvalue weighted by Gasteiger charge is 2.24. The van der Waals surface area contributed by atoms with Crippen LogP contribution < -0.4 is 5.32 Å². The van der Waals surface area contributed by atoms with Crippen LogP contribution in [0.2, 0.25) is 0 Å². The third-order valence-corrected chi connectivity index (χ3v) is 4.36. The van der Waals surface area contributed by atoms with Gasteiger partial charge in [-0.1, -0.05) is 12.1 Å². The highest BCUT2D eigenvalue weighted by Crippen LogP contribution is 2.32. The first-order chi connectivity index (χ1) is 11.3. The summed E-state index contributed by atoms with van der Waals surface area (Å²) in [5, 5.41) is 5.93. The predicted octanol–water partition coefficient (Wildman–Crippen LogP) is 3.02. The second kappa shape index (κ2) is 4.39. The van der Waals surface area contributed by atoms with Crippen LogP contribution in [0.1, 0.15) is 16.1 Å². The van der Waals surface area contributed by atoms with Crippen molar-refractivity contribution in [3.8, 4) is 11.3 Å². The van der Waals surface area contributed by atoms with Crippen LogP contribution in [0.4, 0.5) is 0 Å². The Morgan fingerprint density at radius 2 is 2.04 bits per heavy atom. The second-order valence-corrected chi connectivity index (χ2v) is 5.68. The summed E-state index contributed by atoms with van der Waals surface area (Å²) in [6.45, 7) is 0.560. The molecule has 4 aromatic rings. The molecule has 1 aliphatic rings. The molecular formula is C18H12N4O. The number of H-pyrrole nitrogens is 1. The van der Waals surface area contributed by atoms with Gasteiger partial charge in [0.1, 0.15) is 0 Å². The number of carbonyl (C=O) groups excluding carboxylic acids is 1. The number of rotatable bonds is 1. The molecule has 5 nitrogen and oxygen atoms in total. The van der Waals surface area contributed by atoms with Crippen molar-refractivity contribution in [2.75, 3.05) is 0 Å². The normalized spacial score (nSPS) is 13.5. The van der Waals surface area contributed by atoms with Gasteiger partial charge in [-0.25, -0.2) is 0 Å². The first kappa shape index (κ1) is 12.3. The number of pyridine rings is 2. The maximum atomic E-state index is 12.0. The van der Waals surface area contributed by atoms with Crippen molar-refractivity contribution < 1.29 is 4.79 Å². The van der Waals surface area contributed by atoms with Gasteiger partial charge in [-0.05, 0) is 18.2 Å². The van der Waals surface area contributed by atoms with Crippen molar-refractivity contribution in [2.24, 2.45) is 0 Å². The van der Waals surface area contributed by atoms with E-state index in [0.29, 0.717) is 6.54 Å². The number of amides is 1. The molecule has 5 rings (SSSR count). The summed E-state index contributed by atoms with van der Waals surface area (Å²) >= 11 is 0. The van der Waals surface area contributed by atoms with Gasteiger partial charge in [0.05, 0.1) is 23.3 Å². The average molecular weight is 300 g/mol. The van der Waals surface area contributed by atoms with Gasteiger partial charge in [0.2, 0.25) is 0 Å². The van der Waals surface area contributed by atoms with E-state index in [1.807, 2.05) is 30.5 Å². The van der Waals surface area contributed by atoms with E-state index in [-0.39, 0.29) is 5.91 Å². The van der Waals surface area contributed by atoms with Gasteiger partial charge in [-0.3, -0.25) is 14.8 Å². The van der Waals surface area contributed by atoms with E-state index in [2.05, 4.69) is 26.3 Å². The van der Waals surface area contributed by atoms with Crippen LogP contribution in [0.15, 0.2) is 48.9 Å². The van der Waals surface area contributed by atoms with E-state index >= 15 is 0 Å². The molecular weight excluding hydrogens is 288 g/mol. The lowest BCUT2D eigenvalue weighted by Crippen LogP contribution is -2.13. The molecule has 23 heavy (non-hydrogen) atoms. The summed E-state index contributed by atoms with van der Waals surface area (Å²) in [7, 11) is 0. The summed E-state index contributed by atoms with van der Waals surface area (Å²) in [4.78, 5) is 24.1. The van der Waals surface area contributed by atoms with E-state index in [0.717, 1.165) is 44.2 Å². The summed E-state index contributed by atoms with van der Waals surface area (Å²) in [6.07, 6.45) is 5.41. The minimum absolute atomic E-state index is 0.00728. The topological polar surface area (TPSA) is 70.7 Å². The lowest BCUT2D eigenvalue weighted by Gasteiger charge is -2.05. The number of hydrogen-bond donors (Lipinski definition) is 2. The number of nitrogens with zero attached hydrogens (tertiary/aromatic N) is 2. The third kappa shape index (κ3) is 1.70. The number of benzene rings is 1. The number of nitrogens with one attached hydrogen (secondary N) is 2. The monoisotopic (exact) mass is 300 g/mol. The van der Waals surface area contributed by atoms with Crippen molar-refractivity contribution in [1.82, 2.24) is 20.3 Å². The van der Waals surface area contributed by atoms with Crippen molar-refractivity contribution >= 4 is 27.6 Å². The Balaban J connectivity index is 1.83. The summed E-state index contributed by atoms with van der Waals surface area (Å²) in [6, 6.07) is 9.94. The maximum absolute atomic E-state index is 12.0. The fraction of sp³-hybridized carbons (Fsp3) is 0.0556. The first-order valence-electron chi connectivity index (χ1n) is 7.43. The van der Waals surface area contributed by atoms with Crippen molar-refractivity contribution in [3.63, 3.8) is 0 Å². The lowest BCUT2D eigenvalue weighted by molar-refractivity contribution is 0.0967. The Morgan fingerprint density at radius 3 is 2.91 bits per heavy atom. The lowest BCUT2D eigenvalue weighted by atomic mass is 10.0. The van der Waals surface area contributed by atoms with Crippen LogP contribution in [0, 0.1) is 0 Å². The van der Waals surface area contributed by atoms with Crippen LogP contribution in [0.3, 0.4) is 0 Å². The van der Waals surface area contributed by atoms with Crippen LogP contribution in [0.5, 0.6) is 0 Å². The Morgan fingerprint density at radius 1 is 1.09 bits per heavy atom. The van der Waals surface area contributed by atoms with E-state index in [4.69, 9.17) is 0 Å². The SMILES string of the molecule is O=C1NCc2[nH]c3c(ccc4cnc(-c5cccnc5)cc43)c21. The molecule has 1 amide bonds. The Labute approximate surface area is 131 Å². The molecule has 0 saturated heterocycles. The fourth-order valence-electron chi connectivity index (χ4n) is 3.26. The molecule has 0 bridgehead atoms. The van der Waals surface area contributed by atoms with Crippen molar-refractivity contribution in [1.29, 1.82) is 0 Å². The Bertz CT molecular complexity index is 1080. The minimum atomic E-state index is -0.00728. The number of aromatic amines is 1. The molecule has 0 radical (unpaired) electrons. The maximum Gasteiger partial charge on any atom is 0.254 e. The predicted molar refractivity (Wildman–Crippen MR) is 88.0 cm³/mol. The molecule has 1 aromatic carbocycles. The quantitative estimate of drug-likeness (QED) is 0.567. The van der Waals surface area contributed by atoms with Gasteiger partial charge in [0, 0.05) is 46.0 Å². The molecule has 1 aliphatic heterocycles. The first-order valence-corrected chi connectivity index (χ1v) is 7.43. The zero-order chi connectivity index (χ0) is 15.4. The van der Waals surface area contributed by atoms with E-state index < -0.39 is 0 Å². The fourth-order valence-corrected chi connectivity index (χ4v) is 3.26. The summed E-state index contributed by atoms with van der Waals surface area (Å²) in [5.41, 5.74) is 4.56. The zero-order valence-electron chi connectivity index (χ0n) is 12.1. The van der Waals surface area contributed by atoms with Gasteiger partial charge in [-0.15, -0.1) is 0 Å². The Kier molecular flexibility index (Phi) is 2.36. The van der Waals surface area contributed by atoms with Gasteiger partial charge in [0.15, 0.2) is 0 Å². The van der Waals surface area contributed by atoms with Gasteiger partial charge in [-0.2, -0.15) is 0 Å². The molecule has 0 atom stereocenters. The molecule has 0 unspecified atom stereocenters. The highest BCUT2D eigenvalue weighted by atomic mass is 16.1. The van der Waals surface area contributed by atoms with Crippen LogP contribution in [0.25, 0.3) is 32.9 Å². The number of fused-ring (bicyclic) bond motifs is 5. The van der Waals surface area contributed by atoms with Crippen LogP contribution in [-0.2, 0) is 6.54 Å². The summed E-state index contributed by atoms with van der Waals surface area (Å²) in [5.74, 6) is -0.00728. The molecule has 4 heterocycles. The molecule has 110 valence electrons. The molecule has 0 saturated carbocycles. The number of hydrogen-bond acceptors (Lipinski definition) is 3. The molecule has 5 heteroatoms. The largest absolute Gasteiger partial charge is 0.356 e. The number of carbonyl (C=O) groups is 1. The molecule has 3 aromatic heterocycles. The second-order valence-electron chi connectivity index (χ2n) is 5.68. The smallest absolute Gasteiger partial charge is 0.254 e. The third-order valence-electron chi connectivity index (χ3n) is 4.36. The van der Waals surface area contributed by atoms with E-state index in [9.17, 15) is 4.79 Å². The van der Waals surface area contributed by atoms with Crippen molar-refractivity contribution in [3.05, 3.63) is 60.2 Å². The van der Waals surface area contributed by atoms with Crippen LogP contribution in [-0.4, -0.2) is 20.9 Å². The van der Waals surface area contributed by atoms with Gasteiger partial charge < -0.3 is 10.3 Å². The summed E-state index contributed by atoms with van der Waals surface area (Å²) < 4.78 is 0. The van der Waals surface area contributed by atoms with Gasteiger partial charge in [0.25, 0.3) is 5.91 Å². The average Bonchev–Trinajstić information content (AvgIpc) is 3.15. The molecule has 0 aliphatic carbocycles. The van der Waals surface area contributed by atoms with Crippen molar-refractivity contribution in [2.45, 2.75) is 6.54 Å². The Hall–Kier alpha value is -3.21. The molecule has 0 fully saturated rings. The van der Waals surface area contributed by atoms with E-state index in [1.54, 1.807) is 12.4 Å². The zero-order valence-corrected chi connectivity index (χ0v) is 12.1. The minimum Gasteiger partial charge on any atom is -0.356 e. The molecule has 0 spiro atoms. The standard InChI is InChI=1S/C18H12N4O/c23-18-16-12-4-3-10-8-20-14(11-2-1-5-19-7-11)6-13(10)17(12)22-15(16)9-21-18/h1-8,22H,9H2,(H,21,23). The molecule has 2 N–H and O–H groups in total. The van der Waals surface area contributed by atoms with Crippen LogP contribution >= 0.6 is 0 Å². The highest BCUT2D eigenvalue weighted by molar-refractivity contribution is 6.16. The van der Waals surface area contributed by atoms with Gasteiger partial charge >= 0.3 is 0 Å². The van der Waals surface area contributed by atoms with E-state index in [1.165, 1.54) is 0 Å². The number of aromatic nitrogens is 3.